The van der Waals surface area contributed by atoms with Gasteiger partial charge in [0.05, 0.1) is 16.9 Å². The van der Waals surface area contributed by atoms with E-state index in [0.29, 0.717) is 22.6 Å². The molecule has 178 valence electrons. The molecule has 2 aliphatic rings. The van der Waals surface area contributed by atoms with Crippen LogP contribution in [0.5, 0.6) is 0 Å². The summed E-state index contributed by atoms with van der Waals surface area (Å²) in [6, 6.07) is 5.14. The topological polar surface area (TPSA) is 78.4 Å². The zero-order chi connectivity index (χ0) is 23.4. The molecule has 12 heteroatoms. The summed E-state index contributed by atoms with van der Waals surface area (Å²) in [6.45, 7) is 1.47. The van der Waals surface area contributed by atoms with Crippen LogP contribution < -0.4 is 10.2 Å². The number of amides is 2. The average Bonchev–Trinajstić information content (AvgIpc) is 3.49. The quantitative estimate of drug-likeness (QED) is 0.611. The number of nitrogens with one attached hydrogen (secondary N) is 1. The highest BCUT2D eigenvalue weighted by Gasteiger charge is 2.36. The van der Waals surface area contributed by atoms with Crippen molar-refractivity contribution in [2.45, 2.75) is 42.2 Å². The third-order valence-corrected chi connectivity index (χ3v) is 7.86. The molecule has 1 saturated carbocycles. The van der Waals surface area contributed by atoms with Crippen LogP contribution in [0.1, 0.15) is 41.6 Å². The number of rotatable bonds is 6. The summed E-state index contributed by atoms with van der Waals surface area (Å²) in [5, 5.41) is 12.0. The first-order valence-corrected chi connectivity index (χ1v) is 12.6. The molecule has 2 amide bonds. The van der Waals surface area contributed by atoms with Crippen LogP contribution >= 0.6 is 23.1 Å². The van der Waals surface area contributed by atoms with Crippen molar-refractivity contribution >= 4 is 40.0 Å². The van der Waals surface area contributed by atoms with Crippen molar-refractivity contribution in [1.29, 1.82) is 0 Å². The van der Waals surface area contributed by atoms with Gasteiger partial charge in [-0.1, -0.05) is 48.1 Å². The van der Waals surface area contributed by atoms with Crippen molar-refractivity contribution in [1.82, 2.24) is 20.4 Å². The van der Waals surface area contributed by atoms with Crippen LogP contribution in [0, 0.1) is 0 Å². The monoisotopic (exact) mass is 499 g/mol. The first-order valence-electron chi connectivity index (χ1n) is 10.8. The van der Waals surface area contributed by atoms with E-state index in [9.17, 15) is 22.8 Å². The van der Waals surface area contributed by atoms with E-state index in [0.717, 1.165) is 31.7 Å². The van der Waals surface area contributed by atoms with Gasteiger partial charge in [-0.2, -0.15) is 13.2 Å². The van der Waals surface area contributed by atoms with Crippen molar-refractivity contribution in [2.24, 2.45) is 0 Å². The summed E-state index contributed by atoms with van der Waals surface area (Å²) < 4.78 is 40.5. The van der Waals surface area contributed by atoms with Crippen molar-refractivity contribution in [2.75, 3.05) is 36.8 Å². The average molecular weight is 500 g/mol. The molecule has 1 aliphatic heterocycles. The lowest BCUT2D eigenvalue weighted by atomic mass is 10.1. The standard InChI is InChI=1S/C21H24F3N5O2S2/c22-21(23,24)16-8-4-3-7-15(16)18(31)28-9-11-29(12-10-28)19-26-27-20(33-19)32-13-17(30)25-14-5-1-2-6-14/h3-4,7-8,14H,1-2,5-6,9-13H2,(H,25,30). The summed E-state index contributed by atoms with van der Waals surface area (Å²) in [5.74, 6) is -0.342. The Bertz CT molecular complexity index is 986. The van der Waals surface area contributed by atoms with Crippen molar-refractivity contribution in [3.8, 4) is 0 Å². The third kappa shape index (κ3) is 5.97. The number of thioether (sulfide) groups is 1. The summed E-state index contributed by atoms with van der Waals surface area (Å²) >= 11 is 2.71. The Morgan fingerprint density at radius 3 is 2.48 bits per heavy atom. The van der Waals surface area contributed by atoms with Crippen LogP contribution in [-0.2, 0) is 11.0 Å². The van der Waals surface area contributed by atoms with Gasteiger partial charge in [-0.05, 0) is 25.0 Å². The molecular formula is C21H24F3N5O2S2. The lowest BCUT2D eigenvalue weighted by molar-refractivity contribution is -0.138. The largest absolute Gasteiger partial charge is 0.417 e. The molecule has 1 aromatic heterocycles. The summed E-state index contributed by atoms with van der Waals surface area (Å²) in [4.78, 5) is 28.2. The first kappa shape index (κ1) is 23.8. The molecule has 0 spiro atoms. The van der Waals surface area contributed by atoms with E-state index in [1.54, 1.807) is 0 Å². The fourth-order valence-electron chi connectivity index (χ4n) is 4.04. The fourth-order valence-corrected chi connectivity index (χ4v) is 5.75. The third-order valence-electron chi connectivity index (χ3n) is 5.74. The van der Waals surface area contributed by atoms with Gasteiger partial charge in [0.25, 0.3) is 5.91 Å². The predicted octanol–water partition coefficient (Wildman–Crippen LogP) is 3.67. The molecule has 2 heterocycles. The van der Waals surface area contributed by atoms with Crippen molar-refractivity contribution in [3.05, 3.63) is 35.4 Å². The Hall–Kier alpha value is -2.34. The molecule has 7 nitrogen and oxygen atoms in total. The van der Waals surface area contributed by atoms with Gasteiger partial charge in [-0.15, -0.1) is 10.2 Å². The van der Waals surface area contributed by atoms with E-state index in [2.05, 4.69) is 15.5 Å². The number of halogens is 3. The zero-order valence-corrected chi connectivity index (χ0v) is 19.4. The number of nitrogens with zero attached hydrogens (tertiary/aromatic N) is 4. The van der Waals surface area contributed by atoms with E-state index < -0.39 is 17.6 Å². The van der Waals surface area contributed by atoms with Gasteiger partial charge in [0.2, 0.25) is 11.0 Å². The molecule has 33 heavy (non-hydrogen) atoms. The Labute approximate surface area is 197 Å². The summed E-state index contributed by atoms with van der Waals surface area (Å²) in [7, 11) is 0. The molecule has 0 unspecified atom stereocenters. The van der Waals surface area contributed by atoms with Gasteiger partial charge in [0.15, 0.2) is 4.34 Å². The van der Waals surface area contributed by atoms with Crippen molar-refractivity contribution < 1.29 is 22.8 Å². The van der Waals surface area contributed by atoms with Crippen LogP contribution in [0.3, 0.4) is 0 Å². The number of carbonyl (C=O) groups excluding carboxylic acids is 2. The van der Waals surface area contributed by atoms with Crippen molar-refractivity contribution in [3.63, 3.8) is 0 Å². The van der Waals surface area contributed by atoms with E-state index in [-0.39, 0.29) is 36.4 Å². The molecule has 2 aromatic rings. The normalized spacial score (nSPS) is 17.4. The maximum atomic E-state index is 13.3. The Morgan fingerprint density at radius 1 is 1.09 bits per heavy atom. The molecule has 1 N–H and O–H groups in total. The number of hydrogen-bond acceptors (Lipinski definition) is 7. The highest BCUT2D eigenvalue weighted by atomic mass is 32.2. The molecular weight excluding hydrogens is 475 g/mol. The second-order valence-electron chi connectivity index (χ2n) is 8.01. The Morgan fingerprint density at radius 2 is 1.79 bits per heavy atom. The van der Waals surface area contributed by atoms with E-state index in [1.165, 1.54) is 46.2 Å². The lowest BCUT2D eigenvalue weighted by Gasteiger charge is -2.34. The maximum Gasteiger partial charge on any atom is 0.417 e. The van der Waals surface area contributed by atoms with Gasteiger partial charge >= 0.3 is 6.18 Å². The minimum absolute atomic E-state index is 0.00471. The van der Waals surface area contributed by atoms with Gasteiger partial charge in [0.1, 0.15) is 0 Å². The van der Waals surface area contributed by atoms with Crippen LogP contribution in [-0.4, -0.2) is 64.9 Å². The fraction of sp³-hybridized carbons (Fsp3) is 0.524. The predicted molar refractivity (Wildman–Crippen MR) is 121 cm³/mol. The molecule has 0 atom stereocenters. The summed E-state index contributed by atoms with van der Waals surface area (Å²) in [5.41, 5.74) is -1.25. The molecule has 0 bridgehead atoms. The number of aromatic nitrogens is 2. The molecule has 0 radical (unpaired) electrons. The molecule has 1 saturated heterocycles. The van der Waals surface area contributed by atoms with Crippen LogP contribution in [0.15, 0.2) is 28.6 Å². The van der Waals surface area contributed by atoms with E-state index in [4.69, 9.17) is 0 Å². The van der Waals surface area contributed by atoms with Gasteiger partial charge in [-0.3, -0.25) is 9.59 Å². The van der Waals surface area contributed by atoms with Crippen LogP contribution in [0.25, 0.3) is 0 Å². The van der Waals surface area contributed by atoms with Gasteiger partial charge < -0.3 is 15.1 Å². The highest BCUT2D eigenvalue weighted by molar-refractivity contribution is 8.01. The number of carbonyl (C=O) groups is 2. The maximum absolute atomic E-state index is 13.3. The smallest absolute Gasteiger partial charge is 0.353 e. The highest BCUT2D eigenvalue weighted by Crippen LogP contribution is 2.33. The van der Waals surface area contributed by atoms with Gasteiger partial charge in [-0.25, -0.2) is 0 Å². The van der Waals surface area contributed by atoms with Crippen LogP contribution in [0.2, 0.25) is 0 Å². The lowest BCUT2D eigenvalue weighted by Crippen LogP contribution is -2.49. The molecule has 1 aromatic carbocycles. The Balaban J connectivity index is 1.29. The molecule has 1 aliphatic carbocycles. The Kier molecular flexibility index (Phi) is 7.42. The number of anilines is 1. The van der Waals surface area contributed by atoms with E-state index >= 15 is 0 Å². The van der Waals surface area contributed by atoms with E-state index in [1.807, 2.05) is 4.90 Å². The second-order valence-corrected chi connectivity index (χ2v) is 10.2. The number of piperazine rings is 1. The first-order chi connectivity index (χ1) is 15.8. The number of hydrogen-bond donors (Lipinski definition) is 1. The SMILES string of the molecule is O=C(CSc1nnc(N2CCN(C(=O)c3ccccc3C(F)(F)F)CC2)s1)NC1CCCC1. The number of alkyl halides is 3. The van der Waals surface area contributed by atoms with Crippen LogP contribution in [0.4, 0.5) is 18.3 Å². The minimum Gasteiger partial charge on any atom is -0.353 e. The zero-order valence-electron chi connectivity index (χ0n) is 17.8. The molecule has 4 rings (SSSR count). The minimum atomic E-state index is -4.58. The summed E-state index contributed by atoms with van der Waals surface area (Å²) in [6.07, 6.45) is -0.189. The second kappa shape index (κ2) is 10.3. The van der Waals surface area contributed by atoms with Gasteiger partial charge in [0, 0.05) is 32.2 Å². The number of benzene rings is 1. The molecule has 2 fully saturated rings.